The molecule has 1 fully saturated rings. The molecule has 1 aromatic rings. The van der Waals surface area contributed by atoms with Crippen LogP contribution in [-0.2, 0) is 6.54 Å². The number of nitrogens with zero attached hydrogens (tertiary/aromatic N) is 3. The maximum atomic E-state index is 13.3. The predicted octanol–water partition coefficient (Wildman–Crippen LogP) is 2.56. The average molecular weight is 397 g/mol. The molecule has 1 saturated carbocycles. The van der Waals surface area contributed by atoms with Crippen molar-refractivity contribution in [2.45, 2.75) is 36.9 Å². The second kappa shape index (κ2) is 7.67. The standard InChI is InChI=1S/C14H16Cl2F2N4O3/c1-19-13(11(22(24)25)12(23)14(16,17)18)21(9-3-4-9)7-8-2-5-10(15)20-6-8/h2,5-6,9,12,19,23H,3-4,7H2,1H3/b13-11+/t12-/m0/s1. The number of aliphatic hydroxyl groups excluding tert-OH is 1. The summed E-state index contributed by atoms with van der Waals surface area (Å²) in [5, 5.41) is 19.7. The lowest BCUT2D eigenvalue weighted by Gasteiger charge is -2.28. The molecule has 7 nitrogen and oxygen atoms in total. The third-order valence-electron chi connectivity index (χ3n) is 3.66. The Morgan fingerprint density at radius 3 is 2.64 bits per heavy atom. The molecule has 2 N–H and O–H groups in total. The van der Waals surface area contributed by atoms with Crippen LogP contribution in [0.1, 0.15) is 18.4 Å². The van der Waals surface area contributed by atoms with Gasteiger partial charge in [-0.3, -0.25) is 10.1 Å². The number of halogens is 4. The Morgan fingerprint density at radius 1 is 1.60 bits per heavy atom. The molecule has 0 amide bonds. The molecule has 25 heavy (non-hydrogen) atoms. The van der Waals surface area contributed by atoms with Crippen molar-refractivity contribution in [2.75, 3.05) is 7.05 Å². The lowest BCUT2D eigenvalue weighted by Crippen LogP contribution is -2.41. The average Bonchev–Trinajstić information content (AvgIpc) is 3.35. The highest BCUT2D eigenvalue weighted by atomic mass is 35.5. The maximum absolute atomic E-state index is 13.3. The summed E-state index contributed by atoms with van der Waals surface area (Å²) >= 11 is 10.5. The molecule has 1 heterocycles. The van der Waals surface area contributed by atoms with Gasteiger partial charge in [0.05, 0.1) is 4.92 Å². The van der Waals surface area contributed by atoms with Gasteiger partial charge in [-0.1, -0.05) is 17.7 Å². The highest BCUT2D eigenvalue weighted by Crippen LogP contribution is 2.35. The smallest absolute Gasteiger partial charge is 0.357 e. The molecule has 11 heteroatoms. The monoisotopic (exact) mass is 396 g/mol. The molecule has 138 valence electrons. The van der Waals surface area contributed by atoms with Crippen LogP contribution in [0, 0.1) is 10.1 Å². The minimum Gasteiger partial charge on any atom is -0.376 e. The van der Waals surface area contributed by atoms with E-state index >= 15 is 0 Å². The molecule has 1 aliphatic rings. The van der Waals surface area contributed by atoms with Gasteiger partial charge in [-0.05, 0) is 36.1 Å². The van der Waals surface area contributed by atoms with Crippen molar-refractivity contribution in [3.63, 3.8) is 0 Å². The zero-order valence-corrected chi connectivity index (χ0v) is 14.6. The van der Waals surface area contributed by atoms with Gasteiger partial charge in [-0.25, -0.2) is 4.98 Å². The van der Waals surface area contributed by atoms with E-state index in [1.54, 1.807) is 17.0 Å². The zero-order valence-electron chi connectivity index (χ0n) is 13.1. The van der Waals surface area contributed by atoms with E-state index in [9.17, 15) is 24.0 Å². The Labute approximate surface area is 152 Å². The van der Waals surface area contributed by atoms with E-state index in [-0.39, 0.29) is 23.6 Å². The van der Waals surface area contributed by atoms with Gasteiger partial charge in [0.25, 0.3) is 0 Å². The van der Waals surface area contributed by atoms with Crippen molar-refractivity contribution in [3.8, 4) is 0 Å². The summed E-state index contributed by atoms with van der Waals surface area (Å²) in [5.41, 5.74) is -0.407. The van der Waals surface area contributed by atoms with Crippen LogP contribution >= 0.6 is 23.2 Å². The van der Waals surface area contributed by atoms with Crippen molar-refractivity contribution in [1.82, 2.24) is 15.2 Å². The van der Waals surface area contributed by atoms with E-state index in [0.29, 0.717) is 5.56 Å². The first-order chi connectivity index (χ1) is 11.6. The normalized spacial score (nSPS) is 16.9. The van der Waals surface area contributed by atoms with Gasteiger partial charge in [0.15, 0.2) is 5.82 Å². The molecule has 2 rings (SSSR count). The number of nitro groups is 1. The number of aromatic nitrogens is 1. The van der Waals surface area contributed by atoms with Crippen LogP contribution in [0.15, 0.2) is 29.8 Å². The Bertz CT molecular complexity index is 663. The van der Waals surface area contributed by atoms with Crippen molar-refractivity contribution in [3.05, 3.63) is 50.7 Å². The lowest BCUT2D eigenvalue weighted by atomic mass is 10.2. The third-order valence-corrected chi connectivity index (χ3v) is 4.09. The number of hydrogen-bond donors (Lipinski definition) is 2. The largest absolute Gasteiger partial charge is 0.376 e. The van der Waals surface area contributed by atoms with Crippen LogP contribution < -0.4 is 5.32 Å². The number of alkyl halides is 3. The van der Waals surface area contributed by atoms with Crippen LogP contribution in [0.2, 0.25) is 5.15 Å². The van der Waals surface area contributed by atoms with Gasteiger partial charge in [0.2, 0.25) is 6.10 Å². The summed E-state index contributed by atoms with van der Waals surface area (Å²) in [5.74, 6) is -0.213. The summed E-state index contributed by atoms with van der Waals surface area (Å²) in [6, 6.07) is 3.15. The number of pyridine rings is 1. The van der Waals surface area contributed by atoms with Gasteiger partial charge in [0, 0.05) is 25.8 Å². The first kappa shape index (κ1) is 19.6. The molecule has 0 spiro atoms. The molecule has 0 aromatic carbocycles. The quantitative estimate of drug-likeness (QED) is 0.303. The minimum absolute atomic E-state index is 0.0794. The number of rotatable bonds is 8. The SMILES string of the molecule is CN/C(=C(/[C@H](O)C(F)(F)Cl)[N+](=O)[O-])N(Cc1ccc(Cl)nc1)C1CC1. The fourth-order valence-corrected chi connectivity index (χ4v) is 2.58. The van der Waals surface area contributed by atoms with Crippen molar-refractivity contribution in [2.24, 2.45) is 0 Å². The second-order valence-electron chi connectivity index (χ2n) is 5.53. The highest BCUT2D eigenvalue weighted by molar-refractivity contribution is 6.29. The van der Waals surface area contributed by atoms with Crippen molar-refractivity contribution >= 4 is 23.2 Å². The molecular formula is C14H16Cl2F2N4O3. The zero-order chi connectivity index (χ0) is 18.8. The molecule has 1 aliphatic carbocycles. The Hall–Kier alpha value is -1.71. The number of hydrogen-bond acceptors (Lipinski definition) is 6. The molecule has 0 unspecified atom stereocenters. The summed E-state index contributed by atoms with van der Waals surface area (Å²) < 4.78 is 26.6. The van der Waals surface area contributed by atoms with Gasteiger partial charge in [0.1, 0.15) is 5.15 Å². The molecule has 0 radical (unpaired) electrons. The molecule has 1 aromatic heterocycles. The fourth-order valence-electron chi connectivity index (χ4n) is 2.36. The molecule has 0 aliphatic heterocycles. The van der Waals surface area contributed by atoms with E-state index in [2.05, 4.69) is 10.3 Å². The third kappa shape index (κ3) is 4.90. The Balaban J connectivity index is 2.43. The summed E-state index contributed by atoms with van der Waals surface area (Å²) in [7, 11) is 1.35. The molecule has 1 atom stereocenters. The second-order valence-corrected chi connectivity index (χ2v) is 6.42. The Morgan fingerprint density at radius 2 is 2.24 bits per heavy atom. The van der Waals surface area contributed by atoms with E-state index in [0.717, 1.165) is 12.8 Å². The van der Waals surface area contributed by atoms with E-state index in [1.165, 1.54) is 13.2 Å². The van der Waals surface area contributed by atoms with Crippen LogP contribution in [0.5, 0.6) is 0 Å². The van der Waals surface area contributed by atoms with Crippen LogP contribution in [0.3, 0.4) is 0 Å². The van der Waals surface area contributed by atoms with Crippen molar-refractivity contribution < 1.29 is 18.8 Å². The maximum Gasteiger partial charge on any atom is 0.357 e. The highest BCUT2D eigenvalue weighted by Gasteiger charge is 2.48. The Kier molecular flexibility index (Phi) is 6.02. The minimum atomic E-state index is -4.18. The van der Waals surface area contributed by atoms with Crippen LogP contribution in [0.25, 0.3) is 0 Å². The lowest BCUT2D eigenvalue weighted by molar-refractivity contribution is -0.443. The number of nitrogens with one attached hydrogen (secondary N) is 1. The van der Waals surface area contributed by atoms with E-state index in [1.807, 2.05) is 0 Å². The topological polar surface area (TPSA) is 91.5 Å². The van der Waals surface area contributed by atoms with Gasteiger partial charge < -0.3 is 15.3 Å². The summed E-state index contributed by atoms with van der Waals surface area (Å²) in [4.78, 5) is 15.8. The molecule has 0 saturated heterocycles. The summed E-state index contributed by atoms with van der Waals surface area (Å²) in [6.07, 6.45) is 0.203. The van der Waals surface area contributed by atoms with Crippen LogP contribution in [0.4, 0.5) is 8.78 Å². The first-order valence-electron chi connectivity index (χ1n) is 7.33. The number of aliphatic hydroxyl groups is 1. The van der Waals surface area contributed by atoms with E-state index in [4.69, 9.17) is 23.2 Å². The van der Waals surface area contributed by atoms with Crippen LogP contribution in [-0.4, -0.2) is 44.5 Å². The van der Waals surface area contributed by atoms with E-state index < -0.39 is 22.1 Å². The molecule has 0 bridgehead atoms. The molecular weight excluding hydrogens is 381 g/mol. The summed E-state index contributed by atoms with van der Waals surface area (Å²) in [6.45, 7) is 0.170. The van der Waals surface area contributed by atoms with Crippen molar-refractivity contribution in [1.29, 1.82) is 0 Å². The first-order valence-corrected chi connectivity index (χ1v) is 8.09. The van der Waals surface area contributed by atoms with Gasteiger partial charge >= 0.3 is 11.1 Å². The van der Waals surface area contributed by atoms with Gasteiger partial charge in [-0.15, -0.1) is 0 Å². The van der Waals surface area contributed by atoms with Gasteiger partial charge in [-0.2, -0.15) is 8.78 Å². The fraction of sp³-hybridized carbons (Fsp3) is 0.500. The predicted molar refractivity (Wildman–Crippen MR) is 87.7 cm³/mol.